The molecule has 0 saturated carbocycles. The van der Waals surface area contributed by atoms with Gasteiger partial charge in [-0.2, -0.15) is 5.26 Å². The Hall–Kier alpha value is -3.19. The summed E-state index contributed by atoms with van der Waals surface area (Å²) < 4.78 is 29.1. The van der Waals surface area contributed by atoms with E-state index in [1.807, 2.05) is 81.4 Å². The lowest BCUT2D eigenvalue weighted by Crippen LogP contribution is -2.31. The molecule has 2 atom stereocenters. The van der Waals surface area contributed by atoms with Crippen molar-refractivity contribution < 1.29 is 23.2 Å². The monoisotopic (exact) mass is 580 g/mol. The highest BCUT2D eigenvalue weighted by molar-refractivity contribution is 8.00. The zero-order chi connectivity index (χ0) is 28.9. The van der Waals surface area contributed by atoms with Gasteiger partial charge in [0.1, 0.15) is 22.9 Å². The van der Waals surface area contributed by atoms with Crippen molar-refractivity contribution in [3.8, 4) is 34.2 Å². The Labute approximate surface area is 243 Å². The first kappa shape index (κ1) is 31.3. The summed E-state index contributed by atoms with van der Waals surface area (Å²) in [4.78, 5) is 17.7. The van der Waals surface area contributed by atoms with Gasteiger partial charge in [-0.05, 0) is 56.2 Å². The lowest BCUT2D eigenvalue weighted by Gasteiger charge is -2.19. The molecule has 1 aromatic heterocycles. The normalized spacial score (nSPS) is 12.5. The van der Waals surface area contributed by atoms with Crippen LogP contribution in [0.2, 0.25) is 0 Å². The van der Waals surface area contributed by atoms with Crippen LogP contribution < -0.4 is 4.74 Å². The van der Waals surface area contributed by atoms with Crippen LogP contribution in [0.3, 0.4) is 0 Å². The summed E-state index contributed by atoms with van der Waals surface area (Å²) in [5, 5.41) is 10.5. The SMILES string of the molecule is CCCCS(=O)CC(COC(C)C)OC(=O)CSc1nc(-c2ccc(OC)cc2)cc(-c2ccccc2)c1C#N. The number of methoxy groups -OCH3 is 1. The second-order valence-electron chi connectivity index (χ2n) is 9.39. The van der Waals surface area contributed by atoms with Gasteiger partial charge >= 0.3 is 5.97 Å². The first-order chi connectivity index (χ1) is 19.3. The van der Waals surface area contributed by atoms with Gasteiger partial charge in [0.2, 0.25) is 0 Å². The quantitative estimate of drug-likeness (QED) is 0.153. The molecule has 40 heavy (non-hydrogen) atoms. The van der Waals surface area contributed by atoms with Crippen LogP contribution >= 0.6 is 11.8 Å². The summed E-state index contributed by atoms with van der Waals surface area (Å²) in [6.45, 7) is 6.03. The smallest absolute Gasteiger partial charge is 0.316 e. The lowest BCUT2D eigenvalue weighted by molar-refractivity contribution is -0.148. The third-order valence-corrected chi connectivity index (χ3v) is 8.34. The van der Waals surface area contributed by atoms with Crippen LogP contribution in [0.4, 0.5) is 0 Å². The highest BCUT2D eigenvalue weighted by atomic mass is 32.2. The second kappa shape index (κ2) is 16.2. The minimum Gasteiger partial charge on any atom is -0.497 e. The van der Waals surface area contributed by atoms with Crippen LogP contribution in [0.25, 0.3) is 22.4 Å². The standard InChI is InChI=1S/C31H36N2O5S2/c1-5-6-16-40(35)21-26(19-37-22(2)3)38-30(34)20-39-31-28(18-32)27(23-10-8-7-9-11-23)17-29(33-31)24-12-14-25(36-4)15-13-24/h7-15,17,22,26H,5-6,16,19-21H2,1-4H3. The highest BCUT2D eigenvalue weighted by Crippen LogP contribution is 2.34. The molecule has 0 spiro atoms. The van der Waals surface area contributed by atoms with E-state index < -0.39 is 22.9 Å². The molecule has 0 amide bonds. The van der Waals surface area contributed by atoms with Crippen LogP contribution in [0.1, 0.15) is 39.2 Å². The topological polar surface area (TPSA) is 98.5 Å². The Morgan fingerprint density at radius 1 is 1.10 bits per heavy atom. The number of thioether (sulfide) groups is 1. The minimum atomic E-state index is -1.11. The molecule has 0 radical (unpaired) electrons. The summed E-state index contributed by atoms with van der Waals surface area (Å²) in [6, 6.07) is 21.3. The maximum atomic E-state index is 12.9. The van der Waals surface area contributed by atoms with Crippen molar-refractivity contribution in [2.75, 3.05) is 31.0 Å². The number of aromatic nitrogens is 1. The summed E-state index contributed by atoms with van der Waals surface area (Å²) in [6.07, 6.45) is 1.15. The number of nitrogens with zero attached hydrogens (tertiary/aromatic N) is 2. The Balaban J connectivity index is 1.85. The van der Waals surface area contributed by atoms with Crippen LogP contribution in [0, 0.1) is 11.3 Å². The molecule has 2 aromatic carbocycles. The second-order valence-corrected chi connectivity index (χ2v) is 12.0. The van der Waals surface area contributed by atoms with Gasteiger partial charge in [-0.3, -0.25) is 9.00 Å². The summed E-state index contributed by atoms with van der Waals surface area (Å²) in [7, 11) is 0.504. The van der Waals surface area contributed by atoms with Crippen LogP contribution in [-0.2, 0) is 25.1 Å². The molecule has 0 bridgehead atoms. The first-order valence-electron chi connectivity index (χ1n) is 13.3. The average Bonchev–Trinajstić information content (AvgIpc) is 2.97. The molecule has 0 fully saturated rings. The maximum Gasteiger partial charge on any atom is 0.316 e. The fourth-order valence-electron chi connectivity index (χ4n) is 3.85. The number of unbranched alkanes of at least 4 members (excludes halogenated alkanes) is 1. The van der Waals surface area contributed by atoms with E-state index in [0.29, 0.717) is 22.0 Å². The van der Waals surface area contributed by atoms with E-state index in [9.17, 15) is 14.3 Å². The molecule has 0 aliphatic carbocycles. The minimum absolute atomic E-state index is 0.0425. The Kier molecular flexibility index (Phi) is 12.7. The van der Waals surface area contributed by atoms with Gasteiger partial charge in [-0.25, -0.2) is 4.98 Å². The Bertz CT molecular complexity index is 1310. The molecule has 0 N–H and O–H groups in total. The van der Waals surface area contributed by atoms with E-state index >= 15 is 0 Å². The number of carbonyl (C=O) groups is 1. The summed E-state index contributed by atoms with van der Waals surface area (Å²) in [5.41, 5.74) is 3.52. The van der Waals surface area contributed by atoms with Crippen molar-refractivity contribution in [2.24, 2.45) is 0 Å². The van der Waals surface area contributed by atoms with Crippen molar-refractivity contribution in [2.45, 2.75) is 50.8 Å². The first-order valence-corrected chi connectivity index (χ1v) is 15.8. The Morgan fingerprint density at radius 3 is 2.45 bits per heavy atom. The average molecular weight is 581 g/mol. The van der Waals surface area contributed by atoms with E-state index in [-0.39, 0.29) is 24.2 Å². The van der Waals surface area contributed by atoms with Gasteiger partial charge in [0.15, 0.2) is 0 Å². The van der Waals surface area contributed by atoms with Gasteiger partial charge in [0.05, 0.1) is 42.6 Å². The van der Waals surface area contributed by atoms with Gasteiger partial charge in [0.25, 0.3) is 0 Å². The number of carbonyl (C=O) groups excluding carboxylic acids is 1. The van der Waals surface area contributed by atoms with Crippen molar-refractivity contribution >= 4 is 28.5 Å². The molecule has 0 aliphatic heterocycles. The molecule has 2 unspecified atom stereocenters. The van der Waals surface area contributed by atoms with Crippen LogP contribution in [-0.4, -0.2) is 58.3 Å². The molecule has 3 aromatic rings. The fraction of sp³-hybridized carbons (Fsp3) is 0.387. The molecule has 0 aliphatic rings. The van der Waals surface area contributed by atoms with Crippen LogP contribution in [0.15, 0.2) is 65.7 Å². The molecule has 1 heterocycles. The van der Waals surface area contributed by atoms with E-state index in [0.717, 1.165) is 47.0 Å². The molecule has 3 rings (SSSR count). The molecule has 9 heteroatoms. The number of esters is 1. The summed E-state index contributed by atoms with van der Waals surface area (Å²) in [5.74, 6) is 0.996. The number of benzene rings is 2. The highest BCUT2D eigenvalue weighted by Gasteiger charge is 2.21. The zero-order valence-corrected chi connectivity index (χ0v) is 25.1. The molecule has 212 valence electrons. The number of nitriles is 1. The van der Waals surface area contributed by atoms with E-state index in [1.165, 1.54) is 0 Å². The third kappa shape index (κ3) is 9.47. The van der Waals surface area contributed by atoms with Crippen molar-refractivity contribution in [3.05, 3.63) is 66.2 Å². The number of hydrogen-bond acceptors (Lipinski definition) is 8. The number of rotatable bonds is 15. The molecular formula is C31H36N2O5S2. The van der Waals surface area contributed by atoms with Gasteiger partial charge in [0, 0.05) is 27.7 Å². The van der Waals surface area contributed by atoms with Crippen molar-refractivity contribution in [1.29, 1.82) is 5.26 Å². The largest absolute Gasteiger partial charge is 0.497 e. The van der Waals surface area contributed by atoms with Crippen molar-refractivity contribution in [1.82, 2.24) is 4.98 Å². The number of ether oxygens (including phenoxy) is 3. The van der Waals surface area contributed by atoms with Gasteiger partial charge in [-0.15, -0.1) is 0 Å². The lowest BCUT2D eigenvalue weighted by atomic mass is 9.99. The van der Waals surface area contributed by atoms with E-state index in [1.54, 1.807) is 7.11 Å². The molecular weight excluding hydrogens is 544 g/mol. The number of pyridine rings is 1. The van der Waals surface area contributed by atoms with E-state index in [4.69, 9.17) is 19.2 Å². The summed E-state index contributed by atoms with van der Waals surface area (Å²) >= 11 is 1.15. The van der Waals surface area contributed by atoms with Crippen molar-refractivity contribution in [3.63, 3.8) is 0 Å². The van der Waals surface area contributed by atoms with E-state index in [2.05, 4.69) is 6.07 Å². The third-order valence-electron chi connectivity index (χ3n) is 5.91. The predicted molar refractivity (Wildman–Crippen MR) is 161 cm³/mol. The molecule has 0 saturated heterocycles. The Morgan fingerprint density at radius 2 is 1.82 bits per heavy atom. The molecule has 7 nitrogen and oxygen atoms in total. The maximum absolute atomic E-state index is 12.9. The van der Waals surface area contributed by atoms with Gasteiger partial charge < -0.3 is 14.2 Å². The fourth-order valence-corrected chi connectivity index (χ4v) is 5.99. The number of hydrogen-bond donors (Lipinski definition) is 0. The van der Waals surface area contributed by atoms with Gasteiger partial charge in [-0.1, -0.05) is 55.4 Å². The van der Waals surface area contributed by atoms with Crippen LogP contribution in [0.5, 0.6) is 5.75 Å². The zero-order valence-electron chi connectivity index (χ0n) is 23.4. The predicted octanol–water partition coefficient (Wildman–Crippen LogP) is 6.27.